The fraction of sp³-hybridized carbons (Fsp3) is 0.429. The lowest BCUT2D eigenvalue weighted by molar-refractivity contribution is 0.0954. The smallest absolute Gasteiger partial charge is 0.267 e. The quantitative estimate of drug-likeness (QED) is 0.613. The second-order valence-electron chi connectivity index (χ2n) is 4.13. The number of nitrogens with one attached hydrogen (secondary N) is 1. The Labute approximate surface area is 113 Å². The van der Waals surface area contributed by atoms with Gasteiger partial charge < -0.3 is 0 Å². The van der Waals surface area contributed by atoms with E-state index in [0.717, 1.165) is 31.4 Å². The first kappa shape index (κ1) is 14.7. The van der Waals surface area contributed by atoms with E-state index < -0.39 is 0 Å². The molecule has 0 aliphatic heterocycles. The normalized spacial score (nSPS) is 9.94. The molecule has 0 unspecified atom stereocenters. The van der Waals surface area contributed by atoms with E-state index in [4.69, 9.17) is 11.6 Å². The third kappa shape index (κ3) is 4.88. The molecule has 0 radical (unpaired) electrons. The molecule has 0 aromatic heterocycles. The number of nitrogens with zero attached hydrogens (tertiary/aromatic N) is 1. The van der Waals surface area contributed by atoms with Gasteiger partial charge in [0, 0.05) is 16.3 Å². The Balaban J connectivity index is 2.66. The number of hydrazone groups is 1. The highest BCUT2D eigenvalue weighted by Crippen LogP contribution is 2.10. The van der Waals surface area contributed by atoms with Gasteiger partial charge in [0.1, 0.15) is 0 Å². The molecule has 1 N–H and O–H groups in total. The molecule has 0 atom stereocenters. The Morgan fingerprint density at radius 2 is 1.94 bits per heavy atom. The van der Waals surface area contributed by atoms with Gasteiger partial charge in [0.15, 0.2) is 0 Å². The van der Waals surface area contributed by atoms with Crippen LogP contribution in [0.25, 0.3) is 0 Å². The number of rotatable bonds is 6. The van der Waals surface area contributed by atoms with Gasteiger partial charge in [0.2, 0.25) is 0 Å². The molecule has 0 saturated carbocycles. The van der Waals surface area contributed by atoms with Crippen molar-refractivity contribution >= 4 is 23.2 Å². The van der Waals surface area contributed by atoms with E-state index in [1.165, 1.54) is 0 Å². The lowest BCUT2D eigenvalue weighted by atomic mass is 10.1. The van der Waals surface area contributed by atoms with Crippen LogP contribution in [0, 0.1) is 0 Å². The summed E-state index contributed by atoms with van der Waals surface area (Å²) in [7, 11) is 0. The lowest BCUT2D eigenvalue weighted by Gasteiger charge is -2.05. The van der Waals surface area contributed by atoms with Crippen molar-refractivity contribution < 1.29 is 4.79 Å². The molecule has 98 valence electrons. The van der Waals surface area contributed by atoms with Crippen LogP contribution in [0.1, 0.15) is 49.9 Å². The predicted octanol–water partition coefficient (Wildman–Crippen LogP) is 4.03. The Morgan fingerprint density at radius 1 is 1.28 bits per heavy atom. The van der Waals surface area contributed by atoms with Crippen LogP contribution in [0.5, 0.6) is 0 Å². The van der Waals surface area contributed by atoms with Gasteiger partial charge in [0.05, 0.1) is 0 Å². The maximum Gasteiger partial charge on any atom is 0.271 e. The molecule has 1 rings (SSSR count). The van der Waals surface area contributed by atoms with Crippen molar-refractivity contribution in [2.45, 2.75) is 39.5 Å². The van der Waals surface area contributed by atoms with Crippen LogP contribution in [0.3, 0.4) is 0 Å². The summed E-state index contributed by atoms with van der Waals surface area (Å²) in [6.45, 7) is 4.20. The zero-order valence-electron chi connectivity index (χ0n) is 10.9. The molecule has 1 aromatic carbocycles. The Morgan fingerprint density at radius 3 is 2.50 bits per heavy atom. The standard InChI is InChI=1S/C14H19ClN2O/c1-3-6-13(7-4-2)16-17-14(18)11-8-5-9-12(15)10-11/h5,8-10H,3-4,6-7H2,1-2H3,(H,17,18). The van der Waals surface area contributed by atoms with Crippen molar-refractivity contribution in [3.05, 3.63) is 34.9 Å². The zero-order valence-corrected chi connectivity index (χ0v) is 11.6. The number of carbonyl (C=O) groups is 1. The minimum absolute atomic E-state index is 0.220. The van der Waals surface area contributed by atoms with Crippen LogP contribution >= 0.6 is 11.6 Å². The monoisotopic (exact) mass is 266 g/mol. The molecule has 0 heterocycles. The van der Waals surface area contributed by atoms with Crippen LogP contribution < -0.4 is 5.43 Å². The van der Waals surface area contributed by atoms with Crippen molar-refractivity contribution in [2.24, 2.45) is 5.10 Å². The Kier molecular flexibility index (Phi) is 6.44. The summed E-state index contributed by atoms with van der Waals surface area (Å²) in [5.74, 6) is -0.220. The topological polar surface area (TPSA) is 41.5 Å². The Bertz CT molecular complexity index is 422. The molecule has 0 spiro atoms. The number of carbonyl (C=O) groups excluding carboxylic acids is 1. The van der Waals surface area contributed by atoms with Crippen LogP contribution in [0.15, 0.2) is 29.4 Å². The molecule has 1 aromatic rings. The Hall–Kier alpha value is -1.35. The summed E-state index contributed by atoms with van der Waals surface area (Å²) in [5.41, 5.74) is 4.15. The molecule has 0 aliphatic carbocycles. The maximum absolute atomic E-state index is 11.8. The SMILES string of the molecule is CCCC(CCC)=NNC(=O)c1cccc(Cl)c1. The van der Waals surface area contributed by atoms with Gasteiger partial charge >= 0.3 is 0 Å². The highest BCUT2D eigenvalue weighted by atomic mass is 35.5. The van der Waals surface area contributed by atoms with E-state index in [1.807, 2.05) is 0 Å². The lowest BCUT2D eigenvalue weighted by Crippen LogP contribution is -2.19. The number of amides is 1. The summed E-state index contributed by atoms with van der Waals surface area (Å²) in [5, 5.41) is 4.73. The first-order chi connectivity index (χ1) is 8.67. The third-order valence-corrected chi connectivity index (χ3v) is 2.71. The highest BCUT2D eigenvalue weighted by Gasteiger charge is 2.05. The molecule has 18 heavy (non-hydrogen) atoms. The average molecular weight is 267 g/mol. The fourth-order valence-electron chi connectivity index (χ4n) is 1.64. The van der Waals surface area contributed by atoms with Gasteiger partial charge in [-0.3, -0.25) is 4.79 Å². The van der Waals surface area contributed by atoms with Gasteiger partial charge in [0.25, 0.3) is 5.91 Å². The van der Waals surface area contributed by atoms with Gasteiger partial charge in [-0.25, -0.2) is 5.43 Å². The molecule has 0 bridgehead atoms. The first-order valence-electron chi connectivity index (χ1n) is 6.28. The molecule has 0 aliphatic rings. The molecule has 0 saturated heterocycles. The van der Waals surface area contributed by atoms with Crippen LogP contribution in [0.2, 0.25) is 5.02 Å². The van der Waals surface area contributed by atoms with Crippen molar-refractivity contribution in [1.29, 1.82) is 0 Å². The second kappa shape index (κ2) is 7.88. The summed E-state index contributed by atoms with van der Waals surface area (Å²) < 4.78 is 0. The first-order valence-corrected chi connectivity index (χ1v) is 6.66. The largest absolute Gasteiger partial charge is 0.271 e. The summed E-state index contributed by atoms with van der Waals surface area (Å²) >= 11 is 5.84. The highest BCUT2D eigenvalue weighted by molar-refractivity contribution is 6.30. The van der Waals surface area contributed by atoms with Gasteiger partial charge in [-0.2, -0.15) is 5.10 Å². The molecular weight excluding hydrogens is 248 g/mol. The van der Waals surface area contributed by atoms with Crippen LogP contribution in [-0.4, -0.2) is 11.6 Å². The summed E-state index contributed by atoms with van der Waals surface area (Å²) in [4.78, 5) is 11.8. The molecule has 0 fully saturated rings. The van der Waals surface area contributed by atoms with Crippen molar-refractivity contribution in [2.75, 3.05) is 0 Å². The predicted molar refractivity (Wildman–Crippen MR) is 76.2 cm³/mol. The third-order valence-electron chi connectivity index (χ3n) is 2.48. The maximum atomic E-state index is 11.8. The van der Waals surface area contributed by atoms with Crippen molar-refractivity contribution in [3.8, 4) is 0 Å². The summed E-state index contributed by atoms with van der Waals surface area (Å²) in [6.07, 6.45) is 3.91. The number of halogens is 1. The van der Waals surface area contributed by atoms with E-state index in [2.05, 4.69) is 24.4 Å². The van der Waals surface area contributed by atoms with Gasteiger partial charge in [-0.15, -0.1) is 0 Å². The molecule has 4 heteroatoms. The van der Waals surface area contributed by atoms with E-state index in [9.17, 15) is 4.79 Å². The summed E-state index contributed by atoms with van der Waals surface area (Å²) in [6, 6.07) is 6.84. The van der Waals surface area contributed by atoms with Crippen molar-refractivity contribution in [1.82, 2.24) is 5.43 Å². The van der Waals surface area contributed by atoms with E-state index in [-0.39, 0.29) is 5.91 Å². The molecular formula is C14H19ClN2O. The minimum Gasteiger partial charge on any atom is -0.267 e. The van der Waals surface area contributed by atoms with E-state index in [1.54, 1.807) is 24.3 Å². The van der Waals surface area contributed by atoms with E-state index in [0.29, 0.717) is 10.6 Å². The van der Waals surface area contributed by atoms with Gasteiger partial charge in [-0.05, 0) is 31.0 Å². The number of hydrogen-bond acceptors (Lipinski definition) is 2. The number of hydrogen-bond donors (Lipinski definition) is 1. The molecule has 3 nitrogen and oxygen atoms in total. The van der Waals surface area contributed by atoms with Crippen LogP contribution in [-0.2, 0) is 0 Å². The van der Waals surface area contributed by atoms with Crippen molar-refractivity contribution in [3.63, 3.8) is 0 Å². The van der Waals surface area contributed by atoms with Crippen LogP contribution in [0.4, 0.5) is 0 Å². The minimum atomic E-state index is -0.220. The number of benzene rings is 1. The zero-order chi connectivity index (χ0) is 13.4. The second-order valence-corrected chi connectivity index (χ2v) is 4.57. The van der Waals surface area contributed by atoms with Gasteiger partial charge in [-0.1, -0.05) is 44.4 Å². The fourth-order valence-corrected chi connectivity index (χ4v) is 1.83. The van der Waals surface area contributed by atoms with E-state index >= 15 is 0 Å². The average Bonchev–Trinajstić information content (AvgIpc) is 2.36. The molecule has 1 amide bonds.